The van der Waals surface area contributed by atoms with Gasteiger partial charge in [-0.3, -0.25) is 14.5 Å². The molecular formula is C21H22N2O4. The summed E-state index contributed by atoms with van der Waals surface area (Å²) in [6.45, 7) is 2.29. The number of ether oxygens (including phenoxy) is 2. The van der Waals surface area contributed by atoms with Crippen molar-refractivity contribution in [1.29, 1.82) is 0 Å². The summed E-state index contributed by atoms with van der Waals surface area (Å²) in [6, 6.07) is 14.4. The van der Waals surface area contributed by atoms with Crippen LogP contribution in [-0.4, -0.2) is 37.5 Å². The largest absolute Gasteiger partial charge is 0.497 e. The van der Waals surface area contributed by atoms with Crippen molar-refractivity contribution in [1.82, 2.24) is 4.90 Å². The molecule has 0 saturated heterocycles. The number of rotatable bonds is 7. The highest BCUT2D eigenvalue weighted by molar-refractivity contribution is 6.37. The molecular weight excluding hydrogens is 344 g/mol. The van der Waals surface area contributed by atoms with E-state index in [-0.39, 0.29) is 17.5 Å². The van der Waals surface area contributed by atoms with Gasteiger partial charge in [-0.1, -0.05) is 25.1 Å². The zero-order valence-corrected chi connectivity index (χ0v) is 15.6. The summed E-state index contributed by atoms with van der Waals surface area (Å²) in [5.74, 6) is 0.600. The number of nitrogens with zero attached hydrogens (tertiary/aromatic N) is 1. The number of hydrogen-bond acceptors (Lipinski definition) is 5. The lowest BCUT2D eigenvalue weighted by atomic mass is 10.0. The van der Waals surface area contributed by atoms with Gasteiger partial charge in [-0.05, 0) is 36.8 Å². The number of amides is 2. The average molecular weight is 366 g/mol. The van der Waals surface area contributed by atoms with E-state index in [1.807, 2.05) is 19.1 Å². The molecule has 1 aliphatic rings. The van der Waals surface area contributed by atoms with Gasteiger partial charge in [0, 0.05) is 17.8 Å². The number of anilines is 1. The van der Waals surface area contributed by atoms with Crippen LogP contribution in [0.15, 0.2) is 54.2 Å². The van der Waals surface area contributed by atoms with E-state index in [9.17, 15) is 9.59 Å². The van der Waals surface area contributed by atoms with Crippen LogP contribution in [0.3, 0.4) is 0 Å². The third kappa shape index (κ3) is 3.51. The van der Waals surface area contributed by atoms with Crippen molar-refractivity contribution in [2.45, 2.75) is 13.3 Å². The molecule has 2 aromatic carbocycles. The van der Waals surface area contributed by atoms with E-state index in [2.05, 4.69) is 5.32 Å². The Morgan fingerprint density at radius 2 is 1.63 bits per heavy atom. The number of imide groups is 1. The molecule has 3 rings (SSSR count). The molecule has 0 saturated carbocycles. The zero-order valence-electron chi connectivity index (χ0n) is 15.6. The van der Waals surface area contributed by atoms with E-state index in [1.165, 1.54) is 4.90 Å². The lowest BCUT2D eigenvalue weighted by Gasteiger charge is -2.14. The van der Waals surface area contributed by atoms with Gasteiger partial charge < -0.3 is 14.8 Å². The molecule has 0 bridgehead atoms. The average Bonchev–Trinajstić information content (AvgIpc) is 2.93. The Morgan fingerprint density at radius 3 is 2.26 bits per heavy atom. The fourth-order valence-corrected chi connectivity index (χ4v) is 3.04. The number of carbonyl (C=O) groups is 2. The number of methoxy groups -OCH3 is 2. The summed E-state index contributed by atoms with van der Waals surface area (Å²) in [5, 5.41) is 3.12. The van der Waals surface area contributed by atoms with Crippen molar-refractivity contribution in [2.24, 2.45) is 0 Å². The standard InChI is InChI=1S/C21H22N2O4/c1-4-13-23-20(24)18(16-7-5-6-8-17(16)27-3)19(21(23)25)22-14-9-11-15(26-2)12-10-14/h5-12,22H,4,13H2,1-3H3. The van der Waals surface area contributed by atoms with Crippen molar-refractivity contribution in [3.63, 3.8) is 0 Å². The van der Waals surface area contributed by atoms with Crippen LogP contribution in [0.2, 0.25) is 0 Å². The normalized spacial score (nSPS) is 14.0. The molecule has 1 aliphatic heterocycles. The van der Waals surface area contributed by atoms with Gasteiger partial charge >= 0.3 is 0 Å². The molecule has 0 unspecified atom stereocenters. The molecule has 0 radical (unpaired) electrons. The number of para-hydroxylation sites is 1. The van der Waals surface area contributed by atoms with Crippen molar-refractivity contribution in [3.8, 4) is 11.5 Å². The Balaban J connectivity index is 2.08. The second-order valence-corrected chi connectivity index (χ2v) is 6.07. The Kier molecular flexibility index (Phi) is 5.45. The van der Waals surface area contributed by atoms with Gasteiger partial charge in [-0.25, -0.2) is 0 Å². The zero-order chi connectivity index (χ0) is 19.4. The van der Waals surface area contributed by atoms with Crippen LogP contribution in [0.1, 0.15) is 18.9 Å². The fourth-order valence-electron chi connectivity index (χ4n) is 3.04. The Labute approximate surface area is 158 Å². The monoisotopic (exact) mass is 366 g/mol. The number of hydrogen-bond donors (Lipinski definition) is 1. The molecule has 0 aliphatic carbocycles. The molecule has 27 heavy (non-hydrogen) atoms. The minimum Gasteiger partial charge on any atom is -0.497 e. The quantitative estimate of drug-likeness (QED) is 0.762. The summed E-state index contributed by atoms with van der Waals surface area (Å²) in [7, 11) is 3.13. The van der Waals surface area contributed by atoms with Crippen LogP contribution in [0.25, 0.3) is 5.57 Å². The summed E-state index contributed by atoms with van der Waals surface area (Å²) in [5.41, 5.74) is 1.86. The van der Waals surface area contributed by atoms with Gasteiger partial charge in [0.1, 0.15) is 17.2 Å². The first-order chi connectivity index (χ1) is 13.1. The maximum Gasteiger partial charge on any atom is 0.278 e. The second kappa shape index (κ2) is 7.95. The van der Waals surface area contributed by atoms with Crippen molar-refractivity contribution in [3.05, 3.63) is 59.8 Å². The SMILES string of the molecule is CCCN1C(=O)C(Nc2ccc(OC)cc2)=C(c2ccccc2OC)C1=O. The second-order valence-electron chi connectivity index (χ2n) is 6.07. The van der Waals surface area contributed by atoms with E-state index in [1.54, 1.807) is 50.6 Å². The van der Waals surface area contributed by atoms with Crippen molar-refractivity contribution >= 4 is 23.1 Å². The maximum absolute atomic E-state index is 13.0. The first-order valence-electron chi connectivity index (χ1n) is 8.75. The number of carbonyl (C=O) groups excluding carboxylic acids is 2. The molecule has 0 aromatic heterocycles. The Hall–Kier alpha value is -3.28. The first-order valence-corrected chi connectivity index (χ1v) is 8.75. The van der Waals surface area contributed by atoms with E-state index in [0.29, 0.717) is 41.3 Å². The topological polar surface area (TPSA) is 67.9 Å². The van der Waals surface area contributed by atoms with Crippen molar-refractivity contribution < 1.29 is 19.1 Å². The van der Waals surface area contributed by atoms with Crippen LogP contribution in [0.5, 0.6) is 11.5 Å². The van der Waals surface area contributed by atoms with E-state index >= 15 is 0 Å². The van der Waals surface area contributed by atoms with E-state index in [4.69, 9.17) is 9.47 Å². The predicted molar refractivity (Wildman–Crippen MR) is 104 cm³/mol. The van der Waals surface area contributed by atoms with Crippen LogP contribution in [0, 0.1) is 0 Å². The lowest BCUT2D eigenvalue weighted by Crippen LogP contribution is -2.33. The minimum atomic E-state index is -0.335. The molecule has 2 aromatic rings. The number of nitrogens with one attached hydrogen (secondary N) is 1. The Bertz CT molecular complexity index is 887. The maximum atomic E-state index is 13.0. The van der Waals surface area contributed by atoms with Crippen molar-refractivity contribution in [2.75, 3.05) is 26.1 Å². The lowest BCUT2D eigenvalue weighted by molar-refractivity contribution is -0.136. The highest BCUT2D eigenvalue weighted by atomic mass is 16.5. The first kappa shape index (κ1) is 18.5. The fraction of sp³-hybridized carbons (Fsp3) is 0.238. The smallest absolute Gasteiger partial charge is 0.278 e. The van der Waals surface area contributed by atoms with Crippen LogP contribution in [-0.2, 0) is 9.59 Å². The Morgan fingerprint density at radius 1 is 0.926 bits per heavy atom. The summed E-state index contributed by atoms with van der Waals surface area (Å²) < 4.78 is 10.6. The van der Waals surface area contributed by atoms with Gasteiger partial charge in [0.2, 0.25) is 0 Å². The highest BCUT2D eigenvalue weighted by Crippen LogP contribution is 2.35. The van der Waals surface area contributed by atoms with Gasteiger partial charge in [0.05, 0.1) is 19.8 Å². The van der Waals surface area contributed by atoms with Gasteiger partial charge in [-0.2, -0.15) is 0 Å². The molecule has 0 atom stereocenters. The molecule has 1 N–H and O–H groups in total. The predicted octanol–water partition coefficient (Wildman–Crippen LogP) is 3.31. The summed E-state index contributed by atoms with van der Waals surface area (Å²) in [4.78, 5) is 27.2. The third-order valence-corrected chi connectivity index (χ3v) is 4.35. The van der Waals surface area contributed by atoms with Gasteiger partial charge in [0.15, 0.2) is 0 Å². The molecule has 1 heterocycles. The molecule has 0 fully saturated rings. The molecule has 6 heteroatoms. The van der Waals surface area contributed by atoms with E-state index < -0.39 is 0 Å². The summed E-state index contributed by atoms with van der Waals surface area (Å²) in [6.07, 6.45) is 0.687. The van der Waals surface area contributed by atoms with Crippen LogP contribution < -0.4 is 14.8 Å². The van der Waals surface area contributed by atoms with Crippen LogP contribution in [0.4, 0.5) is 5.69 Å². The minimum absolute atomic E-state index is 0.253. The molecule has 2 amide bonds. The number of benzene rings is 2. The van der Waals surface area contributed by atoms with Gasteiger partial charge in [0.25, 0.3) is 11.8 Å². The van der Waals surface area contributed by atoms with Crippen LogP contribution >= 0.6 is 0 Å². The molecule has 140 valence electrons. The molecule has 6 nitrogen and oxygen atoms in total. The molecule has 0 spiro atoms. The summed E-state index contributed by atoms with van der Waals surface area (Å²) >= 11 is 0. The highest BCUT2D eigenvalue weighted by Gasteiger charge is 2.39. The third-order valence-electron chi connectivity index (χ3n) is 4.35. The van der Waals surface area contributed by atoms with E-state index in [0.717, 1.165) is 0 Å². The van der Waals surface area contributed by atoms with Gasteiger partial charge in [-0.15, -0.1) is 0 Å².